The summed E-state index contributed by atoms with van der Waals surface area (Å²) < 4.78 is 0. The maximum atomic E-state index is 8.53. The van der Waals surface area contributed by atoms with Crippen molar-refractivity contribution in [2.24, 2.45) is 0 Å². The van der Waals surface area contributed by atoms with E-state index in [4.69, 9.17) is 15.1 Å². The Kier molecular flexibility index (Phi) is 27.9. The predicted molar refractivity (Wildman–Crippen MR) is 7.97 cm³/mol. The van der Waals surface area contributed by atoms with Gasteiger partial charge in [-0.3, -0.25) is 0 Å². The van der Waals surface area contributed by atoms with E-state index in [0.717, 1.165) is 0 Å². The molecule has 0 fully saturated rings. The minimum absolute atomic E-state index is 0. The van der Waals surface area contributed by atoms with Crippen LogP contribution in [0.5, 0.6) is 0 Å². The van der Waals surface area contributed by atoms with Crippen LogP contribution in [-0.4, -0.2) is 12.3 Å². The van der Waals surface area contributed by atoms with Crippen molar-refractivity contribution in [3.8, 4) is 0 Å². The first-order valence-corrected chi connectivity index (χ1v) is 0.730. The fourth-order valence-electron chi connectivity index (χ4n) is 0. The average molecular weight is 200 g/mol. The van der Waals surface area contributed by atoms with Crippen LogP contribution in [0.1, 0.15) is 0 Å². The summed E-state index contributed by atoms with van der Waals surface area (Å²) >= 11 is 0. The Morgan fingerprint density at radius 2 is 1.33 bits per heavy atom. The van der Waals surface area contributed by atoms with E-state index >= 15 is 0 Å². The maximum Gasteiger partial charge on any atom is 1.00 e. The Morgan fingerprint density at radius 1 is 1.33 bits per heavy atom. The van der Waals surface area contributed by atoms with Gasteiger partial charge in [0.05, 0.1) is 7.32 Å². The fraction of sp³-hybridized carbons (Fsp3) is 0. The van der Waals surface area contributed by atoms with Crippen LogP contribution in [0.25, 0.3) is 0 Å². The van der Waals surface area contributed by atoms with Gasteiger partial charge in [-0.05, 0) is 0 Å². The van der Waals surface area contributed by atoms with Gasteiger partial charge in [-0.15, -0.1) is 0 Å². The van der Waals surface area contributed by atoms with Crippen molar-refractivity contribution in [1.82, 2.24) is 0 Å². The summed E-state index contributed by atoms with van der Waals surface area (Å²) in [6.07, 6.45) is 0. The van der Waals surface area contributed by atoms with Gasteiger partial charge in [0.15, 0.2) is 0 Å². The first kappa shape index (κ1) is 15.8. The largest absolute Gasteiger partial charge is 1.00 e. The smallest absolute Gasteiger partial charge is 0.871 e. The zero-order chi connectivity index (χ0) is 3.58. The molecule has 0 spiro atoms. The number of rotatable bonds is 0. The second-order valence-corrected chi connectivity index (χ2v) is 0.307. The fourth-order valence-corrected chi connectivity index (χ4v) is 0. The molecule has 0 aromatic carbocycles. The molecule has 0 bridgehead atoms. The predicted octanol–water partition coefficient (Wildman–Crippen LogP) is -9.31. The molecule has 0 rings (SSSR count). The molecule has 0 atom stereocenters. The first-order chi connectivity index (χ1) is 1.73. The average Bonchev–Trinajstić information content (AvgIpc) is 0.811. The molecule has 0 radical (unpaired) electrons. The minimum Gasteiger partial charge on any atom is -0.871 e. The molecule has 0 aromatic rings. The van der Waals surface area contributed by atoms with E-state index in [2.05, 4.69) is 0 Å². The summed E-state index contributed by atoms with van der Waals surface area (Å²) in [5.41, 5.74) is 0. The Balaban J connectivity index is -0.0000000450. The van der Waals surface area contributed by atoms with Crippen molar-refractivity contribution in [1.29, 1.82) is 0 Å². The molecule has 1 N–H and O–H groups in total. The molecule has 0 saturated carbocycles. The van der Waals surface area contributed by atoms with Gasteiger partial charge >= 0.3 is 87.8 Å². The van der Waals surface area contributed by atoms with E-state index in [0.29, 0.717) is 0 Å². The van der Waals surface area contributed by atoms with Crippen LogP contribution in [0.2, 0.25) is 0 Å². The van der Waals surface area contributed by atoms with Gasteiger partial charge in [0.2, 0.25) is 0 Å². The van der Waals surface area contributed by atoms with Crippen molar-refractivity contribution in [3.05, 3.63) is 0 Å². The van der Waals surface area contributed by atoms with Crippen molar-refractivity contribution in [2.75, 3.05) is 0 Å². The van der Waals surface area contributed by atoms with E-state index < -0.39 is 7.32 Å². The number of hydrogen-bond donors (Lipinski definition) is 1. The molecule has 0 aliphatic heterocycles. The van der Waals surface area contributed by atoms with E-state index in [1.54, 1.807) is 0 Å². The standard InChI is InChI=1S/BHO3.Cs.Li/c2-1(3)4;;/h2H;;/q-2;2*+1. The molecule has 0 aliphatic rings. The monoisotopic (exact) mass is 200 g/mol. The van der Waals surface area contributed by atoms with Gasteiger partial charge in [0, 0.05) is 0 Å². The van der Waals surface area contributed by atoms with E-state index in [9.17, 15) is 0 Å². The quantitative estimate of drug-likeness (QED) is 0.394. The van der Waals surface area contributed by atoms with E-state index in [1.165, 1.54) is 0 Å². The van der Waals surface area contributed by atoms with Crippen LogP contribution in [0.3, 0.4) is 0 Å². The van der Waals surface area contributed by atoms with Gasteiger partial charge in [0.1, 0.15) is 0 Å². The van der Waals surface area contributed by atoms with Gasteiger partial charge in [0.25, 0.3) is 0 Å². The van der Waals surface area contributed by atoms with E-state index in [-0.39, 0.29) is 87.8 Å². The van der Waals surface area contributed by atoms with Crippen LogP contribution >= 0.6 is 0 Å². The summed E-state index contributed by atoms with van der Waals surface area (Å²) in [6, 6.07) is 0. The topological polar surface area (TPSA) is 66.3 Å². The van der Waals surface area contributed by atoms with Crippen LogP contribution in [-0.2, 0) is 0 Å². The summed E-state index contributed by atoms with van der Waals surface area (Å²) in [5, 5.41) is 24.0. The molecule has 6 heteroatoms. The maximum absolute atomic E-state index is 8.53. The van der Waals surface area contributed by atoms with Crippen molar-refractivity contribution < 1.29 is 103 Å². The normalized spacial score (nSPS) is 4.50. The SMILES string of the molecule is [Cs+].[Li+].[O-]B([O-])O. The summed E-state index contributed by atoms with van der Waals surface area (Å²) in [4.78, 5) is 0. The Labute approximate surface area is 107 Å². The number of hydrogen-bond acceptors (Lipinski definition) is 3. The second kappa shape index (κ2) is 10.6. The Morgan fingerprint density at radius 3 is 1.33 bits per heavy atom. The van der Waals surface area contributed by atoms with Gasteiger partial charge in [-0.2, -0.15) is 0 Å². The van der Waals surface area contributed by atoms with Crippen LogP contribution < -0.4 is 97.8 Å². The van der Waals surface area contributed by atoms with Crippen LogP contribution in [0.4, 0.5) is 0 Å². The molecular formula is HBCsLiO3. The second-order valence-electron chi connectivity index (χ2n) is 0.307. The third kappa shape index (κ3) is 30.7. The van der Waals surface area contributed by atoms with E-state index in [1.807, 2.05) is 0 Å². The molecule has 24 valence electrons. The molecule has 0 heterocycles. The Bertz CT molecular complexity index is 15.5. The molecule has 0 aromatic heterocycles. The van der Waals surface area contributed by atoms with Crippen molar-refractivity contribution >= 4 is 7.32 Å². The van der Waals surface area contributed by atoms with Crippen molar-refractivity contribution in [2.45, 2.75) is 0 Å². The van der Waals surface area contributed by atoms with Crippen LogP contribution in [0.15, 0.2) is 0 Å². The van der Waals surface area contributed by atoms with Gasteiger partial charge < -0.3 is 15.1 Å². The zero-order valence-electron chi connectivity index (χ0n) is 3.84. The minimum atomic E-state index is -2.67. The molecule has 0 saturated heterocycles. The first-order valence-electron chi connectivity index (χ1n) is 0.730. The summed E-state index contributed by atoms with van der Waals surface area (Å²) in [7, 11) is -2.67. The van der Waals surface area contributed by atoms with Gasteiger partial charge in [-0.1, -0.05) is 0 Å². The third-order valence-corrected chi connectivity index (χ3v) is 0. The molecular weight excluding hydrogens is 199 g/mol. The zero-order valence-corrected chi connectivity index (χ0v) is 10.1. The summed E-state index contributed by atoms with van der Waals surface area (Å²) in [6.45, 7) is 0. The van der Waals surface area contributed by atoms with Crippen LogP contribution in [0, 0.1) is 0 Å². The molecule has 3 nitrogen and oxygen atoms in total. The molecule has 0 amide bonds. The molecule has 0 unspecified atom stereocenters. The van der Waals surface area contributed by atoms with Crippen molar-refractivity contribution in [3.63, 3.8) is 0 Å². The summed E-state index contributed by atoms with van der Waals surface area (Å²) in [5.74, 6) is 0. The van der Waals surface area contributed by atoms with Gasteiger partial charge in [-0.25, -0.2) is 0 Å². The molecule has 0 aliphatic carbocycles. The Hall–Kier alpha value is 2.59. The molecule has 6 heavy (non-hydrogen) atoms. The third-order valence-electron chi connectivity index (χ3n) is 0.